The lowest BCUT2D eigenvalue weighted by Gasteiger charge is -2.36. The minimum absolute atomic E-state index is 0.319. The molecule has 2 atom stereocenters. The third-order valence-corrected chi connectivity index (χ3v) is 4.47. The molecule has 0 saturated heterocycles. The molecule has 0 radical (unpaired) electrons. The fraction of sp³-hybridized carbons (Fsp3) is 0.706. The van der Waals surface area contributed by atoms with Gasteiger partial charge < -0.3 is 5.73 Å². The largest absolute Gasteiger partial charge is 0.326 e. The zero-order chi connectivity index (χ0) is 14.4. The Labute approximate surface area is 123 Å². The molecule has 1 saturated carbocycles. The van der Waals surface area contributed by atoms with E-state index >= 15 is 0 Å². The molecule has 1 heterocycles. The molecule has 0 amide bonds. The van der Waals surface area contributed by atoms with Gasteiger partial charge >= 0.3 is 0 Å². The second-order valence-electron chi connectivity index (χ2n) is 6.06. The van der Waals surface area contributed by atoms with Crippen molar-refractivity contribution in [2.24, 2.45) is 5.73 Å². The highest BCUT2D eigenvalue weighted by atomic mass is 15.2. The van der Waals surface area contributed by atoms with Crippen LogP contribution >= 0.6 is 0 Å². The average Bonchev–Trinajstić information content (AvgIpc) is 2.42. The maximum Gasteiger partial charge on any atom is 0.0547 e. The predicted molar refractivity (Wildman–Crippen MR) is 84.5 cm³/mol. The number of rotatable bonds is 4. The molecule has 2 N–H and O–H groups in total. The zero-order valence-corrected chi connectivity index (χ0v) is 13.0. The average molecular weight is 275 g/mol. The van der Waals surface area contributed by atoms with Crippen molar-refractivity contribution < 1.29 is 0 Å². The standard InChI is InChI=1S/C17H29N3/c1-3-20(13-15-10-8-9-14(2)19-15)17-12-7-5-4-6-11-16(17)18/h8-10,16-17H,3-7,11-13,18H2,1-2H3. The Morgan fingerprint density at radius 2 is 1.95 bits per heavy atom. The van der Waals surface area contributed by atoms with Crippen LogP contribution in [0.3, 0.4) is 0 Å². The summed E-state index contributed by atoms with van der Waals surface area (Å²) in [6.07, 6.45) is 7.73. The van der Waals surface area contributed by atoms with E-state index in [4.69, 9.17) is 5.73 Å². The van der Waals surface area contributed by atoms with Crippen LogP contribution in [0.5, 0.6) is 0 Å². The van der Waals surface area contributed by atoms with Crippen LogP contribution in [-0.4, -0.2) is 28.5 Å². The SMILES string of the molecule is CCN(Cc1cccc(C)n1)C1CCCCCCC1N. The minimum Gasteiger partial charge on any atom is -0.326 e. The van der Waals surface area contributed by atoms with Gasteiger partial charge in [0.2, 0.25) is 0 Å². The summed E-state index contributed by atoms with van der Waals surface area (Å²) < 4.78 is 0. The van der Waals surface area contributed by atoms with Gasteiger partial charge in [0.1, 0.15) is 0 Å². The fourth-order valence-corrected chi connectivity index (χ4v) is 3.31. The molecule has 1 aromatic rings. The molecule has 0 aliphatic heterocycles. The molecule has 2 rings (SSSR count). The van der Waals surface area contributed by atoms with Gasteiger partial charge in [-0.05, 0) is 38.4 Å². The van der Waals surface area contributed by atoms with Crippen LogP contribution in [0.15, 0.2) is 18.2 Å². The Balaban J connectivity index is 2.05. The van der Waals surface area contributed by atoms with Gasteiger partial charge in [0, 0.05) is 24.3 Å². The van der Waals surface area contributed by atoms with E-state index in [9.17, 15) is 0 Å². The highest BCUT2D eigenvalue weighted by Gasteiger charge is 2.25. The molecule has 112 valence electrons. The van der Waals surface area contributed by atoms with Crippen LogP contribution in [0.1, 0.15) is 56.8 Å². The first-order valence-electron chi connectivity index (χ1n) is 8.13. The molecule has 20 heavy (non-hydrogen) atoms. The third kappa shape index (κ3) is 4.29. The molecule has 2 unspecified atom stereocenters. The summed E-state index contributed by atoms with van der Waals surface area (Å²) in [7, 11) is 0. The van der Waals surface area contributed by atoms with Gasteiger partial charge in [0.05, 0.1) is 5.69 Å². The van der Waals surface area contributed by atoms with Gasteiger partial charge in [-0.1, -0.05) is 38.7 Å². The van der Waals surface area contributed by atoms with E-state index in [1.54, 1.807) is 0 Å². The van der Waals surface area contributed by atoms with Crippen LogP contribution in [0.2, 0.25) is 0 Å². The third-order valence-electron chi connectivity index (χ3n) is 4.47. The predicted octanol–water partition coefficient (Wildman–Crippen LogP) is 3.26. The number of aromatic nitrogens is 1. The number of nitrogens with zero attached hydrogens (tertiary/aromatic N) is 2. The first kappa shape index (κ1) is 15.5. The number of pyridine rings is 1. The Bertz CT molecular complexity index is 405. The molecule has 0 aromatic carbocycles. The summed E-state index contributed by atoms with van der Waals surface area (Å²) in [5.74, 6) is 0. The van der Waals surface area contributed by atoms with E-state index in [1.165, 1.54) is 44.2 Å². The number of hydrogen-bond acceptors (Lipinski definition) is 3. The number of aryl methyl sites for hydroxylation is 1. The van der Waals surface area contributed by atoms with Gasteiger partial charge in [-0.2, -0.15) is 0 Å². The molecular weight excluding hydrogens is 246 g/mol. The molecule has 1 aliphatic rings. The molecule has 3 heteroatoms. The summed E-state index contributed by atoms with van der Waals surface area (Å²) in [4.78, 5) is 7.17. The molecular formula is C17H29N3. The molecule has 1 fully saturated rings. The smallest absolute Gasteiger partial charge is 0.0547 e. The number of hydrogen-bond donors (Lipinski definition) is 1. The van der Waals surface area contributed by atoms with E-state index in [2.05, 4.69) is 41.9 Å². The van der Waals surface area contributed by atoms with E-state index in [-0.39, 0.29) is 0 Å². The Morgan fingerprint density at radius 3 is 2.65 bits per heavy atom. The van der Waals surface area contributed by atoms with Gasteiger partial charge in [-0.3, -0.25) is 9.88 Å². The molecule has 3 nitrogen and oxygen atoms in total. The lowest BCUT2D eigenvalue weighted by atomic mass is 9.91. The summed E-state index contributed by atoms with van der Waals surface area (Å²) in [6.45, 7) is 6.27. The molecule has 0 spiro atoms. The van der Waals surface area contributed by atoms with Gasteiger partial charge in [-0.15, -0.1) is 0 Å². The first-order valence-corrected chi connectivity index (χ1v) is 8.13. The van der Waals surface area contributed by atoms with Crippen molar-refractivity contribution in [3.63, 3.8) is 0 Å². The second kappa shape index (κ2) is 7.75. The summed E-state index contributed by atoms with van der Waals surface area (Å²) in [5, 5.41) is 0. The monoisotopic (exact) mass is 275 g/mol. The first-order chi connectivity index (χ1) is 9.70. The lowest BCUT2D eigenvalue weighted by Crippen LogP contribution is -2.48. The Hall–Kier alpha value is -0.930. The summed E-state index contributed by atoms with van der Waals surface area (Å²) >= 11 is 0. The normalized spacial score (nSPS) is 24.4. The van der Waals surface area contributed by atoms with Crippen molar-refractivity contribution >= 4 is 0 Å². The van der Waals surface area contributed by atoms with Crippen molar-refractivity contribution in [2.45, 2.75) is 71.0 Å². The van der Waals surface area contributed by atoms with E-state index < -0.39 is 0 Å². The van der Waals surface area contributed by atoms with Crippen molar-refractivity contribution in [3.05, 3.63) is 29.6 Å². The van der Waals surface area contributed by atoms with E-state index in [0.29, 0.717) is 12.1 Å². The van der Waals surface area contributed by atoms with Crippen LogP contribution in [-0.2, 0) is 6.54 Å². The van der Waals surface area contributed by atoms with Crippen molar-refractivity contribution in [1.82, 2.24) is 9.88 Å². The highest BCUT2D eigenvalue weighted by Crippen LogP contribution is 2.22. The molecule has 0 bridgehead atoms. The van der Waals surface area contributed by atoms with Crippen molar-refractivity contribution in [3.8, 4) is 0 Å². The van der Waals surface area contributed by atoms with Crippen LogP contribution in [0, 0.1) is 6.92 Å². The van der Waals surface area contributed by atoms with Gasteiger partial charge in [0.15, 0.2) is 0 Å². The van der Waals surface area contributed by atoms with Crippen molar-refractivity contribution in [2.75, 3.05) is 6.54 Å². The van der Waals surface area contributed by atoms with Crippen LogP contribution < -0.4 is 5.73 Å². The topological polar surface area (TPSA) is 42.2 Å². The maximum absolute atomic E-state index is 6.45. The molecule has 1 aromatic heterocycles. The minimum atomic E-state index is 0.319. The zero-order valence-electron chi connectivity index (χ0n) is 13.0. The Morgan fingerprint density at radius 1 is 1.20 bits per heavy atom. The Kier molecular flexibility index (Phi) is 5.99. The van der Waals surface area contributed by atoms with Crippen LogP contribution in [0.4, 0.5) is 0 Å². The van der Waals surface area contributed by atoms with E-state index in [0.717, 1.165) is 18.8 Å². The summed E-state index contributed by atoms with van der Waals surface area (Å²) in [6, 6.07) is 7.12. The second-order valence-corrected chi connectivity index (χ2v) is 6.06. The van der Waals surface area contributed by atoms with E-state index in [1.807, 2.05) is 0 Å². The molecule has 1 aliphatic carbocycles. The quantitative estimate of drug-likeness (QED) is 0.917. The fourth-order valence-electron chi connectivity index (χ4n) is 3.31. The highest BCUT2D eigenvalue weighted by molar-refractivity contribution is 5.10. The summed E-state index contributed by atoms with van der Waals surface area (Å²) in [5.41, 5.74) is 8.71. The van der Waals surface area contributed by atoms with Gasteiger partial charge in [0.25, 0.3) is 0 Å². The number of likely N-dealkylation sites (N-methyl/N-ethyl adjacent to an activating group) is 1. The van der Waals surface area contributed by atoms with Crippen molar-refractivity contribution in [1.29, 1.82) is 0 Å². The van der Waals surface area contributed by atoms with Crippen LogP contribution in [0.25, 0.3) is 0 Å². The number of nitrogens with two attached hydrogens (primary N) is 1. The van der Waals surface area contributed by atoms with Gasteiger partial charge in [-0.25, -0.2) is 0 Å². The lowest BCUT2D eigenvalue weighted by molar-refractivity contribution is 0.146. The maximum atomic E-state index is 6.45.